The Morgan fingerprint density at radius 3 is 1.68 bits per heavy atom. The van der Waals surface area contributed by atoms with E-state index in [0.717, 1.165) is 11.4 Å². The summed E-state index contributed by atoms with van der Waals surface area (Å²) in [5.41, 5.74) is 15.5. The Balaban J connectivity index is 0.000000161. The maximum Gasteiger partial charge on any atom is 0.209 e. The Morgan fingerprint density at radius 1 is 0.750 bits per heavy atom. The van der Waals surface area contributed by atoms with Crippen molar-refractivity contribution in [2.45, 2.75) is 13.1 Å². The van der Waals surface area contributed by atoms with Crippen LogP contribution in [-0.4, -0.2) is 66.6 Å². The van der Waals surface area contributed by atoms with Gasteiger partial charge >= 0.3 is 0 Å². The predicted octanol–water partition coefficient (Wildman–Crippen LogP) is 2.33. The van der Waals surface area contributed by atoms with Gasteiger partial charge in [0, 0.05) is 24.8 Å². The molecule has 0 aliphatic rings. The van der Waals surface area contributed by atoms with Crippen LogP contribution in [0.5, 0.6) is 0 Å². The van der Waals surface area contributed by atoms with E-state index >= 15 is 0 Å². The number of nitrogen functional groups attached to an aromatic ring is 2. The van der Waals surface area contributed by atoms with Crippen molar-refractivity contribution in [1.29, 1.82) is 0 Å². The van der Waals surface area contributed by atoms with Gasteiger partial charge in [-0.15, -0.1) is 11.6 Å². The minimum atomic E-state index is -0.0307. The standard InChI is InChI=1S/C12H12ClN7.C12H13N7O/c13-3-5-20-11-9(10(14)16-7-17-11)19-12(20)18-8-2-1-4-15-6-8;13-10-9-11(16-7-15-10)19(4-5-20)12(18-9)17-8-2-1-3-14-6-8/h1-2,4,6-7H,3,5H2,(H,18,19)(H2,14,16,17);1-3,6-7,20H,4-5H2,(H,17,18)(H2,13,15,16). The quantitative estimate of drug-likeness (QED) is 0.169. The van der Waals surface area contributed by atoms with Gasteiger partial charge in [-0.05, 0) is 24.3 Å². The molecule has 40 heavy (non-hydrogen) atoms. The fourth-order valence-corrected chi connectivity index (χ4v) is 4.01. The number of fused-ring (bicyclic) bond motifs is 2. The van der Waals surface area contributed by atoms with E-state index in [1.54, 1.807) is 29.4 Å². The Kier molecular flexibility index (Phi) is 8.03. The number of hydrogen-bond donors (Lipinski definition) is 5. The van der Waals surface area contributed by atoms with Gasteiger partial charge in [-0.3, -0.25) is 19.1 Å². The number of anilines is 6. The van der Waals surface area contributed by atoms with Crippen LogP contribution in [0.15, 0.2) is 61.7 Å². The first kappa shape index (κ1) is 26.5. The maximum atomic E-state index is 9.19. The van der Waals surface area contributed by atoms with E-state index in [1.165, 1.54) is 12.7 Å². The number of aromatic nitrogens is 10. The number of alkyl halides is 1. The predicted molar refractivity (Wildman–Crippen MR) is 152 cm³/mol. The van der Waals surface area contributed by atoms with Gasteiger partial charge < -0.3 is 27.2 Å². The number of hydrogen-bond acceptors (Lipinski definition) is 13. The number of rotatable bonds is 8. The van der Waals surface area contributed by atoms with E-state index in [1.807, 2.05) is 28.8 Å². The summed E-state index contributed by atoms with van der Waals surface area (Å²) in [6, 6.07) is 7.41. The van der Waals surface area contributed by atoms with Gasteiger partial charge in [-0.2, -0.15) is 0 Å². The minimum Gasteiger partial charge on any atom is -0.395 e. The first-order chi connectivity index (χ1) is 19.6. The number of aliphatic hydroxyl groups excluding tert-OH is 1. The molecule has 6 heterocycles. The van der Waals surface area contributed by atoms with E-state index in [9.17, 15) is 5.11 Å². The third-order valence-electron chi connectivity index (χ3n) is 5.59. The van der Waals surface area contributed by atoms with Gasteiger partial charge in [-0.1, -0.05) is 0 Å². The summed E-state index contributed by atoms with van der Waals surface area (Å²) in [6.07, 6.45) is 9.57. The van der Waals surface area contributed by atoms with Crippen molar-refractivity contribution in [2.75, 3.05) is 34.6 Å². The molecule has 0 saturated carbocycles. The molecule has 0 aliphatic carbocycles. The first-order valence-electron chi connectivity index (χ1n) is 12.0. The largest absolute Gasteiger partial charge is 0.395 e. The second kappa shape index (κ2) is 12.1. The molecular formula is C24H25ClN14O. The molecule has 0 spiro atoms. The van der Waals surface area contributed by atoms with E-state index < -0.39 is 0 Å². The molecule has 6 rings (SSSR count). The second-order valence-electron chi connectivity index (χ2n) is 8.18. The molecule has 204 valence electrons. The lowest BCUT2D eigenvalue weighted by Crippen LogP contribution is -2.07. The number of halogens is 1. The van der Waals surface area contributed by atoms with Crippen LogP contribution in [0.2, 0.25) is 0 Å². The summed E-state index contributed by atoms with van der Waals surface area (Å²) in [7, 11) is 0. The van der Waals surface area contributed by atoms with Gasteiger partial charge in [0.15, 0.2) is 34.0 Å². The minimum absolute atomic E-state index is 0.0307. The fourth-order valence-electron chi connectivity index (χ4n) is 3.84. The number of aliphatic hydroxyl groups is 1. The lowest BCUT2D eigenvalue weighted by molar-refractivity contribution is 0.278. The number of imidazole rings is 2. The number of nitrogens with one attached hydrogen (secondary N) is 2. The summed E-state index contributed by atoms with van der Waals surface area (Å²) in [5.74, 6) is 2.24. The number of pyridine rings is 2. The van der Waals surface area contributed by atoms with Crippen LogP contribution in [0.4, 0.5) is 34.9 Å². The molecule has 0 aromatic carbocycles. The van der Waals surface area contributed by atoms with Crippen LogP contribution >= 0.6 is 11.6 Å². The smallest absolute Gasteiger partial charge is 0.209 e. The zero-order valence-electron chi connectivity index (χ0n) is 21.1. The highest BCUT2D eigenvalue weighted by Crippen LogP contribution is 2.24. The average Bonchev–Trinajstić information content (AvgIpc) is 3.50. The maximum absolute atomic E-state index is 9.19. The lowest BCUT2D eigenvalue weighted by Gasteiger charge is -2.08. The number of nitrogens with zero attached hydrogens (tertiary/aromatic N) is 10. The van der Waals surface area contributed by atoms with E-state index in [0.29, 0.717) is 64.8 Å². The topological polar surface area (TPSA) is 209 Å². The van der Waals surface area contributed by atoms with Crippen LogP contribution in [0, 0.1) is 0 Å². The normalized spacial score (nSPS) is 10.8. The molecule has 0 bridgehead atoms. The van der Waals surface area contributed by atoms with E-state index in [2.05, 4.69) is 50.5 Å². The SMILES string of the molecule is Nc1ncnc2c1nc(Nc1cccnc1)n2CCCl.Nc1ncnc2c1nc(Nc1cccnc1)n2CCO. The van der Waals surface area contributed by atoms with Crippen molar-refractivity contribution in [2.24, 2.45) is 0 Å². The third kappa shape index (κ3) is 5.64. The Bertz CT molecular complexity index is 1580. The van der Waals surface area contributed by atoms with Crippen molar-refractivity contribution in [3.63, 3.8) is 0 Å². The highest BCUT2D eigenvalue weighted by Gasteiger charge is 2.15. The summed E-state index contributed by atoms with van der Waals surface area (Å²) in [4.78, 5) is 33.2. The molecular weight excluding hydrogens is 536 g/mol. The van der Waals surface area contributed by atoms with Crippen molar-refractivity contribution < 1.29 is 5.11 Å². The summed E-state index contributed by atoms with van der Waals surface area (Å²) >= 11 is 5.84. The van der Waals surface area contributed by atoms with Crippen LogP contribution in [0.25, 0.3) is 22.3 Å². The van der Waals surface area contributed by atoms with Crippen LogP contribution in [0.3, 0.4) is 0 Å². The van der Waals surface area contributed by atoms with Gasteiger partial charge in [0.05, 0.1) is 36.9 Å². The Morgan fingerprint density at radius 2 is 1.25 bits per heavy atom. The van der Waals surface area contributed by atoms with E-state index in [-0.39, 0.29) is 6.61 Å². The van der Waals surface area contributed by atoms with E-state index in [4.69, 9.17) is 23.1 Å². The molecule has 7 N–H and O–H groups in total. The number of aryl methyl sites for hydroxylation is 1. The zero-order valence-corrected chi connectivity index (χ0v) is 21.8. The van der Waals surface area contributed by atoms with Gasteiger partial charge in [0.25, 0.3) is 0 Å². The Labute approximate surface area is 232 Å². The summed E-state index contributed by atoms with van der Waals surface area (Å²) < 4.78 is 3.62. The van der Waals surface area contributed by atoms with Gasteiger partial charge in [-0.25, -0.2) is 29.9 Å². The van der Waals surface area contributed by atoms with Crippen LogP contribution in [0.1, 0.15) is 0 Å². The van der Waals surface area contributed by atoms with Crippen molar-refractivity contribution in [1.82, 2.24) is 49.0 Å². The van der Waals surface area contributed by atoms with Crippen LogP contribution < -0.4 is 22.1 Å². The lowest BCUT2D eigenvalue weighted by atomic mass is 10.4. The molecule has 0 saturated heterocycles. The molecule has 0 unspecified atom stereocenters. The van der Waals surface area contributed by atoms with Gasteiger partial charge in [0.1, 0.15) is 12.7 Å². The zero-order chi connectivity index (χ0) is 27.9. The summed E-state index contributed by atoms with van der Waals surface area (Å²) in [6.45, 7) is 0.893. The van der Waals surface area contributed by atoms with Crippen molar-refractivity contribution >= 4 is 68.8 Å². The van der Waals surface area contributed by atoms with Crippen molar-refractivity contribution in [3.05, 3.63) is 61.7 Å². The Hall–Kier alpha value is -5.15. The molecule has 6 aromatic heterocycles. The highest BCUT2D eigenvalue weighted by molar-refractivity contribution is 6.17. The molecule has 16 heteroatoms. The molecule has 0 fully saturated rings. The highest BCUT2D eigenvalue weighted by atomic mass is 35.5. The second-order valence-corrected chi connectivity index (χ2v) is 8.56. The third-order valence-corrected chi connectivity index (χ3v) is 5.76. The monoisotopic (exact) mass is 560 g/mol. The number of nitrogens with two attached hydrogens (primary N) is 2. The molecule has 6 aromatic rings. The molecule has 0 amide bonds. The van der Waals surface area contributed by atoms with Crippen molar-refractivity contribution in [3.8, 4) is 0 Å². The molecule has 0 radical (unpaired) electrons. The van der Waals surface area contributed by atoms with Gasteiger partial charge in [0.2, 0.25) is 11.9 Å². The van der Waals surface area contributed by atoms with Crippen LogP contribution in [-0.2, 0) is 13.1 Å². The summed E-state index contributed by atoms with van der Waals surface area (Å²) in [5, 5.41) is 15.5. The molecule has 15 nitrogen and oxygen atoms in total. The average molecular weight is 561 g/mol. The fraction of sp³-hybridized carbons (Fsp3) is 0.167. The first-order valence-corrected chi connectivity index (χ1v) is 12.6. The molecule has 0 atom stereocenters. The molecule has 0 aliphatic heterocycles.